The lowest BCUT2D eigenvalue weighted by Gasteiger charge is -2.21. The van der Waals surface area contributed by atoms with E-state index in [9.17, 15) is 4.79 Å². The van der Waals surface area contributed by atoms with Crippen LogP contribution in [0.15, 0.2) is 0 Å². The lowest BCUT2D eigenvalue weighted by molar-refractivity contribution is -0.121. The van der Waals surface area contributed by atoms with Crippen LogP contribution in [-0.4, -0.2) is 25.7 Å². The number of nitrogens with one attached hydrogen (secondary N) is 1. The van der Waals surface area contributed by atoms with Gasteiger partial charge < -0.3 is 10.1 Å². The van der Waals surface area contributed by atoms with Crippen LogP contribution in [0.3, 0.4) is 0 Å². The molecule has 1 fully saturated rings. The number of carbonyl (C=O) groups is 1. The van der Waals surface area contributed by atoms with Crippen molar-refractivity contribution >= 4 is 5.91 Å². The third kappa shape index (κ3) is 9.16. The van der Waals surface area contributed by atoms with Crippen LogP contribution in [0.5, 0.6) is 0 Å². The Hall–Kier alpha value is -0.570. The van der Waals surface area contributed by atoms with Crippen LogP contribution in [0.4, 0.5) is 0 Å². The average Bonchev–Trinajstić information content (AvgIpc) is 2.40. The molecule has 0 aromatic carbocycles. The molecule has 1 aliphatic heterocycles. The molecule has 1 N–H and O–H groups in total. The van der Waals surface area contributed by atoms with E-state index in [1.807, 2.05) is 13.8 Å². The molecular formula is C14H29NO2. The fourth-order valence-corrected chi connectivity index (χ4v) is 1.88. The summed E-state index contributed by atoms with van der Waals surface area (Å²) >= 11 is 0. The van der Waals surface area contributed by atoms with Crippen LogP contribution < -0.4 is 5.32 Å². The summed E-state index contributed by atoms with van der Waals surface area (Å²) in [6, 6.07) is 0. The molecule has 0 radical (unpaired) electrons. The maximum atomic E-state index is 11.3. The van der Waals surface area contributed by atoms with Crippen molar-refractivity contribution in [1.82, 2.24) is 5.32 Å². The second kappa shape index (κ2) is 11.9. The molecule has 1 aliphatic rings. The van der Waals surface area contributed by atoms with Crippen LogP contribution in [0.1, 0.15) is 59.3 Å². The van der Waals surface area contributed by atoms with Crippen molar-refractivity contribution in [2.24, 2.45) is 5.92 Å². The Kier molecular flexibility index (Phi) is 11.5. The van der Waals surface area contributed by atoms with Gasteiger partial charge in [-0.3, -0.25) is 4.79 Å². The van der Waals surface area contributed by atoms with E-state index in [4.69, 9.17) is 4.74 Å². The van der Waals surface area contributed by atoms with Gasteiger partial charge in [-0.15, -0.1) is 0 Å². The Balaban J connectivity index is 0.00000121. The van der Waals surface area contributed by atoms with Gasteiger partial charge in [-0.1, -0.05) is 27.2 Å². The molecule has 3 nitrogen and oxygen atoms in total. The zero-order valence-electron chi connectivity index (χ0n) is 11.8. The van der Waals surface area contributed by atoms with Gasteiger partial charge in [-0.2, -0.15) is 0 Å². The van der Waals surface area contributed by atoms with Crippen LogP contribution in [-0.2, 0) is 9.53 Å². The SMILES string of the molecule is CC.CCCCC(=O)NCCC1CCOCC1. The molecular weight excluding hydrogens is 214 g/mol. The number of hydrogen-bond donors (Lipinski definition) is 1. The van der Waals surface area contributed by atoms with Crippen LogP contribution in [0, 0.1) is 5.92 Å². The molecule has 102 valence electrons. The van der Waals surface area contributed by atoms with Crippen molar-refractivity contribution in [2.75, 3.05) is 19.8 Å². The molecule has 1 rings (SSSR count). The predicted molar refractivity (Wildman–Crippen MR) is 72.0 cm³/mol. The first-order chi connectivity index (χ1) is 8.33. The molecule has 1 heterocycles. The zero-order valence-corrected chi connectivity index (χ0v) is 11.8. The Morgan fingerprint density at radius 3 is 2.53 bits per heavy atom. The summed E-state index contributed by atoms with van der Waals surface area (Å²) in [6.45, 7) is 8.74. The highest BCUT2D eigenvalue weighted by molar-refractivity contribution is 5.75. The highest BCUT2D eigenvalue weighted by atomic mass is 16.5. The molecule has 0 saturated carbocycles. The van der Waals surface area contributed by atoms with Gasteiger partial charge in [0, 0.05) is 26.2 Å². The van der Waals surface area contributed by atoms with Crippen molar-refractivity contribution in [3.8, 4) is 0 Å². The van der Waals surface area contributed by atoms with E-state index in [0.717, 1.165) is 57.8 Å². The van der Waals surface area contributed by atoms with Gasteiger partial charge in [0.25, 0.3) is 0 Å². The summed E-state index contributed by atoms with van der Waals surface area (Å²) in [5.74, 6) is 0.967. The van der Waals surface area contributed by atoms with Crippen molar-refractivity contribution in [2.45, 2.75) is 59.3 Å². The second-order valence-electron chi connectivity index (χ2n) is 4.30. The maximum Gasteiger partial charge on any atom is 0.219 e. The van der Waals surface area contributed by atoms with Gasteiger partial charge in [0.1, 0.15) is 0 Å². The van der Waals surface area contributed by atoms with E-state index < -0.39 is 0 Å². The quantitative estimate of drug-likeness (QED) is 0.778. The Morgan fingerprint density at radius 2 is 1.94 bits per heavy atom. The molecule has 17 heavy (non-hydrogen) atoms. The monoisotopic (exact) mass is 243 g/mol. The van der Waals surface area contributed by atoms with Gasteiger partial charge in [-0.05, 0) is 31.6 Å². The third-order valence-electron chi connectivity index (χ3n) is 2.97. The lowest BCUT2D eigenvalue weighted by Crippen LogP contribution is -2.27. The maximum absolute atomic E-state index is 11.3. The largest absolute Gasteiger partial charge is 0.381 e. The summed E-state index contributed by atoms with van der Waals surface area (Å²) in [5.41, 5.74) is 0. The van der Waals surface area contributed by atoms with Gasteiger partial charge in [0.05, 0.1) is 0 Å². The minimum atomic E-state index is 0.212. The standard InChI is InChI=1S/C12H23NO2.C2H6/c1-2-3-4-12(14)13-8-5-11-6-9-15-10-7-11;1-2/h11H,2-10H2,1H3,(H,13,14);1-2H3. The summed E-state index contributed by atoms with van der Waals surface area (Å²) in [7, 11) is 0. The van der Waals surface area contributed by atoms with Gasteiger partial charge in [0.15, 0.2) is 0 Å². The smallest absolute Gasteiger partial charge is 0.219 e. The number of amides is 1. The van der Waals surface area contributed by atoms with Crippen LogP contribution >= 0.6 is 0 Å². The molecule has 1 saturated heterocycles. The second-order valence-corrected chi connectivity index (χ2v) is 4.30. The van der Waals surface area contributed by atoms with Crippen LogP contribution in [0.25, 0.3) is 0 Å². The average molecular weight is 243 g/mol. The van der Waals surface area contributed by atoms with E-state index in [2.05, 4.69) is 12.2 Å². The molecule has 0 aliphatic carbocycles. The van der Waals surface area contributed by atoms with Gasteiger partial charge >= 0.3 is 0 Å². The minimum Gasteiger partial charge on any atom is -0.381 e. The zero-order chi connectivity index (χ0) is 12.9. The van der Waals surface area contributed by atoms with Crippen molar-refractivity contribution < 1.29 is 9.53 Å². The minimum absolute atomic E-state index is 0.212. The first kappa shape index (κ1) is 16.4. The Labute approximate surface area is 106 Å². The van der Waals surface area contributed by atoms with E-state index in [0.29, 0.717) is 6.42 Å². The molecule has 0 aromatic heterocycles. The number of rotatable bonds is 6. The Bertz CT molecular complexity index is 177. The number of unbranched alkanes of at least 4 members (excludes halogenated alkanes) is 1. The molecule has 0 aromatic rings. The molecule has 1 amide bonds. The highest BCUT2D eigenvalue weighted by Crippen LogP contribution is 2.17. The molecule has 3 heteroatoms. The summed E-state index contributed by atoms with van der Waals surface area (Å²) < 4.78 is 5.29. The van der Waals surface area contributed by atoms with Gasteiger partial charge in [-0.25, -0.2) is 0 Å². The predicted octanol–water partition coefficient (Wildman–Crippen LogP) is 3.14. The van der Waals surface area contributed by atoms with E-state index in [1.54, 1.807) is 0 Å². The Morgan fingerprint density at radius 1 is 1.29 bits per heavy atom. The molecule has 0 atom stereocenters. The first-order valence-corrected chi connectivity index (χ1v) is 7.17. The van der Waals surface area contributed by atoms with Crippen LogP contribution in [0.2, 0.25) is 0 Å². The normalized spacial score (nSPS) is 15.9. The molecule has 0 unspecified atom stereocenters. The third-order valence-corrected chi connectivity index (χ3v) is 2.97. The topological polar surface area (TPSA) is 38.3 Å². The number of hydrogen-bond acceptors (Lipinski definition) is 2. The van der Waals surface area contributed by atoms with E-state index in [-0.39, 0.29) is 5.91 Å². The summed E-state index contributed by atoms with van der Waals surface area (Å²) in [5, 5.41) is 2.99. The van der Waals surface area contributed by atoms with Crippen molar-refractivity contribution in [3.05, 3.63) is 0 Å². The van der Waals surface area contributed by atoms with E-state index in [1.165, 1.54) is 0 Å². The summed E-state index contributed by atoms with van der Waals surface area (Å²) in [4.78, 5) is 11.3. The highest BCUT2D eigenvalue weighted by Gasteiger charge is 2.13. The van der Waals surface area contributed by atoms with E-state index >= 15 is 0 Å². The summed E-state index contributed by atoms with van der Waals surface area (Å²) in [6.07, 6.45) is 6.21. The van der Waals surface area contributed by atoms with Crippen molar-refractivity contribution in [3.63, 3.8) is 0 Å². The number of carbonyl (C=O) groups excluding carboxylic acids is 1. The molecule has 0 spiro atoms. The fourth-order valence-electron chi connectivity index (χ4n) is 1.88. The molecule has 0 bridgehead atoms. The number of ether oxygens (including phenoxy) is 1. The van der Waals surface area contributed by atoms with Crippen molar-refractivity contribution in [1.29, 1.82) is 0 Å². The first-order valence-electron chi connectivity index (χ1n) is 7.17. The lowest BCUT2D eigenvalue weighted by atomic mass is 9.97. The van der Waals surface area contributed by atoms with Gasteiger partial charge in [0.2, 0.25) is 5.91 Å². The fraction of sp³-hybridized carbons (Fsp3) is 0.929.